The Morgan fingerprint density at radius 2 is 1.64 bits per heavy atom. The summed E-state index contributed by atoms with van der Waals surface area (Å²) in [5.41, 5.74) is 0.176. The van der Waals surface area contributed by atoms with Crippen LogP contribution < -0.4 is 0 Å². The van der Waals surface area contributed by atoms with Crippen molar-refractivity contribution in [1.82, 2.24) is 4.90 Å². The van der Waals surface area contributed by atoms with Crippen molar-refractivity contribution in [3.63, 3.8) is 0 Å². The van der Waals surface area contributed by atoms with Gasteiger partial charge < -0.3 is 10.0 Å². The fourth-order valence-corrected chi connectivity index (χ4v) is 0.856. The number of nitrogens with zero attached hydrogens (tertiary/aromatic N) is 1. The van der Waals surface area contributed by atoms with Gasteiger partial charge in [-0.15, -0.1) is 0 Å². The Labute approximate surface area is 87.4 Å². The summed E-state index contributed by atoms with van der Waals surface area (Å²) in [6.45, 7) is 14.9. The average Bonchev–Trinajstić information content (AvgIpc) is 2.15. The minimum Gasteiger partial charge on any atom is -0.478 e. The summed E-state index contributed by atoms with van der Waals surface area (Å²) in [4.78, 5) is 12.0. The molecule has 3 heteroatoms. The first-order chi connectivity index (χ1) is 6.49. The predicted octanol–water partition coefficient (Wildman–Crippen LogP) is 2.39. The van der Waals surface area contributed by atoms with E-state index in [0.29, 0.717) is 0 Å². The molecule has 0 bridgehead atoms. The Kier molecular flexibility index (Phi) is 11.4. The molecule has 0 saturated carbocycles. The van der Waals surface area contributed by atoms with E-state index in [4.69, 9.17) is 5.11 Å². The Morgan fingerprint density at radius 1 is 1.29 bits per heavy atom. The molecule has 0 fully saturated rings. The first-order valence-electron chi connectivity index (χ1n) is 5.10. The zero-order valence-electron chi connectivity index (χ0n) is 9.84. The lowest BCUT2D eigenvalue weighted by Gasteiger charge is -2.15. The van der Waals surface area contributed by atoms with Crippen LogP contribution in [0, 0.1) is 0 Å². The van der Waals surface area contributed by atoms with E-state index < -0.39 is 5.97 Å². The lowest BCUT2D eigenvalue weighted by atomic mass is 10.4. The van der Waals surface area contributed by atoms with E-state index in [2.05, 4.69) is 32.3 Å². The largest absolute Gasteiger partial charge is 0.478 e. The van der Waals surface area contributed by atoms with Crippen molar-refractivity contribution in [2.24, 2.45) is 0 Å². The second-order valence-electron chi connectivity index (χ2n) is 3.11. The quantitative estimate of drug-likeness (QED) is 0.694. The van der Waals surface area contributed by atoms with Gasteiger partial charge >= 0.3 is 5.97 Å². The molecule has 0 aliphatic rings. The van der Waals surface area contributed by atoms with E-state index in [-0.39, 0.29) is 5.57 Å². The minimum atomic E-state index is -0.935. The molecule has 0 aromatic carbocycles. The fraction of sp³-hybridized carbons (Fsp3) is 0.727. The van der Waals surface area contributed by atoms with Crippen LogP contribution in [0.2, 0.25) is 0 Å². The first-order valence-corrected chi connectivity index (χ1v) is 5.10. The van der Waals surface area contributed by atoms with Crippen LogP contribution in [0.3, 0.4) is 0 Å². The maximum atomic E-state index is 9.60. The summed E-state index contributed by atoms with van der Waals surface area (Å²) < 4.78 is 0. The van der Waals surface area contributed by atoms with Crippen molar-refractivity contribution in [2.75, 3.05) is 19.6 Å². The van der Waals surface area contributed by atoms with Crippen molar-refractivity contribution in [1.29, 1.82) is 0 Å². The highest BCUT2D eigenvalue weighted by atomic mass is 16.4. The molecule has 0 radical (unpaired) electrons. The van der Waals surface area contributed by atoms with Gasteiger partial charge in [0.2, 0.25) is 0 Å². The van der Waals surface area contributed by atoms with Gasteiger partial charge in [0.1, 0.15) is 0 Å². The highest BCUT2D eigenvalue weighted by Crippen LogP contribution is 1.87. The van der Waals surface area contributed by atoms with Crippen molar-refractivity contribution in [3.8, 4) is 0 Å². The van der Waals surface area contributed by atoms with E-state index in [0.717, 1.165) is 0 Å². The van der Waals surface area contributed by atoms with Crippen LogP contribution in [0.1, 0.15) is 34.1 Å². The summed E-state index contributed by atoms with van der Waals surface area (Å²) in [7, 11) is 0. The number of carbonyl (C=O) groups is 1. The van der Waals surface area contributed by atoms with E-state index in [1.165, 1.54) is 33.0 Å². The molecule has 1 N–H and O–H groups in total. The van der Waals surface area contributed by atoms with Gasteiger partial charge in [0.25, 0.3) is 0 Å². The third kappa shape index (κ3) is 11.2. The molecule has 0 atom stereocenters. The van der Waals surface area contributed by atoms with E-state index >= 15 is 0 Å². The average molecular weight is 201 g/mol. The molecule has 14 heavy (non-hydrogen) atoms. The van der Waals surface area contributed by atoms with Crippen LogP contribution in [0.25, 0.3) is 0 Å². The van der Waals surface area contributed by atoms with Crippen LogP contribution in [0.15, 0.2) is 12.2 Å². The summed E-state index contributed by atoms with van der Waals surface area (Å²) in [5, 5.41) is 7.89. The van der Waals surface area contributed by atoms with Gasteiger partial charge in [-0.2, -0.15) is 0 Å². The Bertz CT molecular complexity index is 151. The first kappa shape index (κ1) is 15.6. The SMILES string of the molecule is C=C(C)C(=O)O.CCCN(CC)CC. The molecule has 0 spiro atoms. The molecular weight excluding hydrogens is 178 g/mol. The van der Waals surface area contributed by atoms with Gasteiger partial charge in [0.05, 0.1) is 0 Å². The van der Waals surface area contributed by atoms with Crippen molar-refractivity contribution in [2.45, 2.75) is 34.1 Å². The highest BCUT2D eigenvalue weighted by molar-refractivity contribution is 5.84. The topological polar surface area (TPSA) is 40.5 Å². The summed E-state index contributed by atoms with van der Waals surface area (Å²) in [5.74, 6) is -0.935. The number of hydrogen-bond acceptors (Lipinski definition) is 2. The molecule has 0 heterocycles. The van der Waals surface area contributed by atoms with Gasteiger partial charge in [-0.25, -0.2) is 4.79 Å². The van der Waals surface area contributed by atoms with Crippen molar-refractivity contribution >= 4 is 5.97 Å². The Hall–Kier alpha value is -0.830. The van der Waals surface area contributed by atoms with Gasteiger partial charge in [0.15, 0.2) is 0 Å². The maximum absolute atomic E-state index is 9.60. The van der Waals surface area contributed by atoms with Gasteiger partial charge in [0, 0.05) is 5.57 Å². The molecule has 0 aromatic heterocycles. The Morgan fingerprint density at radius 3 is 1.71 bits per heavy atom. The van der Waals surface area contributed by atoms with Crippen LogP contribution >= 0.6 is 0 Å². The number of hydrogen-bond donors (Lipinski definition) is 1. The molecule has 3 nitrogen and oxygen atoms in total. The molecule has 0 aliphatic carbocycles. The van der Waals surface area contributed by atoms with Crippen LogP contribution in [0.5, 0.6) is 0 Å². The zero-order chi connectivity index (χ0) is 11.6. The zero-order valence-corrected chi connectivity index (χ0v) is 9.84. The monoisotopic (exact) mass is 201 g/mol. The lowest BCUT2D eigenvalue weighted by Crippen LogP contribution is -2.23. The Balaban J connectivity index is 0. The third-order valence-corrected chi connectivity index (χ3v) is 1.80. The molecule has 0 amide bonds. The standard InChI is InChI=1S/C7H17N.C4H6O2/c1-4-7-8(5-2)6-3;1-3(2)4(5)6/h4-7H2,1-3H3;1H2,2H3,(H,5,6). The van der Waals surface area contributed by atoms with E-state index in [1.807, 2.05) is 0 Å². The second-order valence-corrected chi connectivity index (χ2v) is 3.11. The number of carboxylic acid groups (broad SMARTS) is 1. The number of aliphatic carboxylic acids is 1. The third-order valence-electron chi connectivity index (χ3n) is 1.80. The molecular formula is C11H23NO2. The van der Waals surface area contributed by atoms with E-state index in [1.54, 1.807) is 0 Å². The molecule has 0 aromatic rings. The highest BCUT2D eigenvalue weighted by Gasteiger charge is 1.92. The van der Waals surface area contributed by atoms with Gasteiger partial charge in [-0.1, -0.05) is 27.4 Å². The summed E-state index contributed by atoms with van der Waals surface area (Å²) in [6.07, 6.45) is 1.28. The molecule has 0 unspecified atom stereocenters. The van der Waals surface area contributed by atoms with Crippen molar-refractivity contribution < 1.29 is 9.90 Å². The normalized spacial score (nSPS) is 9.21. The van der Waals surface area contributed by atoms with E-state index in [9.17, 15) is 4.79 Å². The summed E-state index contributed by atoms with van der Waals surface area (Å²) >= 11 is 0. The molecule has 0 rings (SSSR count). The fourth-order valence-electron chi connectivity index (χ4n) is 0.856. The predicted molar refractivity (Wildman–Crippen MR) is 60.5 cm³/mol. The number of carboxylic acids is 1. The molecule has 0 aliphatic heterocycles. The second kappa shape index (κ2) is 10.3. The molecule has 84 valence electrons. The summed E-state index contributed by atoms with van der Waals surface area (Å²) in [6, 6.07) is 0. The maximum Gasteiger partial charge on any atom is 0.330 e. The van der Waals surface area contributed by atoms with Crippen LogP contribution in [0.4, 0.5) is 0 Å². The smallest absolute Gasteiger partial charge is 0.330 e. The molecule has 0 saturated heterocycles. The lowest BCUT2D eigenvalue weighted by molar-refractivity contribution is -0.132. The van der Waals surface area contributed by atoms with Crippen LogP contribution in [-0.4, -0.2) is 35.6 Å². The number of rotatable bonds is 5. The van der Waals surface area contributed by atoms with Gasteiger partial charge in [-0.05, 0) is 33.0 Å². The van der Waals surface area contributed by atoms with Gasteiger partial charge in [-0.3, -0.25) is 0 Å². The minimum absolute atomic E-state index is 0.176. The van der Waals surface area contributed by atoms with Crippen LogP contribution in [-0.2, 0) is 4.79 Å². The van der Waals surface area contributed by atoms with Crippen molar-refractivity contribution in [3.05, 3.63) is 12.2 Å².